The molecule has 0 aromatic heterocycles. The van der Waals surface area contributed by atoms with Gasteiger partial charge in [-0.1, -0.05) is 11.6 Å². The van der Waals surface area contributed by atoms with E-state index in [1.807, 2.05) is 6.92 Å². The van der Waals surface area contributed by atoms with Crippen LogP contribution in [0.5, 0.6) is 0 Å². The van der Waals surface area contributed by atoms with Crippen LogP contribution in [0.25, 0.3) is 0 Å². The topological polar surface area (TPSA) is 21.3 Å². The lowest BCUT2D eigenvalue weighted by Crippen LogP contribution is -2.13. The second kappa shape index (κ2) is 5.09. The van der Waals surface area contributed by atoms with Crippen LogP contribution < -0.4 is 5.48 Å². The molecule has 0 aliphatic rings. The second-order valence-corrected chi connectivity index (χ2v) is 1.70. The second-order valence-electron chi connectivity index (χ2n) is 1.48. The highest BCUT2D eigenvalue weighted by molar-refractivity contribution is 6.25. The van der Waals surface area contributed by atoms with E-state index in [9.17, 15) is 0 Å². The molecular formula is C5H10ClNO. The summed E-state index contributed by atoms with van der Waals surface area (Å²) in [6.07, 6.45) is 0. The Morgan fingerprint density at radius 2 is 2.50 bits per heavy atom. The fraction of sp³-hybridized carbons (Fsp3) is 0.600. The van der Waals surface area contributed by atoms with Crippen LogP contribution in [0.3, 0.4) is 0 Å². The number of hydroxylamine groups is 1. The van der Waals surface area contributed by atoms with Crippen molar-refractivity contribution in [2.24, 2.45) is 0 Å². The third-order valence-electron chi connectivity index (χ3n) is 0.682. The molecule has 0 saturated heterocycles. The molecular weight excluding hydrogens is 126 g/mol. The zero-order valence-electron chi connectivity index (χ0n) is 5.07. The van der Waals surface area contributed by atoms with Gasteiger partial charge in [0.1, 0.15) is 0 Å². The molecule has 0 aliphatic carbocycles. The van der Waals surface area contributed by atoms with E-state index in [0.717, 1.165) is 5.57 Å². The summed E-state index contributed by atoms with van der Waals surface area (Å²) in [7, 11) is 1.57. The average Bonchev–Trinajstić information content (AvgIpc) is 1.83. The lowest BCUT2D eigenvalue weighted by Gasteiger charge is -1.97. The van der Waals surface area contributed by atoms with E-state index in [1.165, 1.54) is 5.54 Å². The van der Waals surface area contributed by atoms with E-state index in [1.54, 1.807) is 7.11 Å². The van der Waals surface area contributed by atoms with Crippen molar-refractivity contribution in [2.75, 3.05) is 13.7 Å². The monoisotopic (exact) mass is 135 g/mol. The standard InChI is InChI=1S/C5H10ClNO/c1-5(3-6)4-7-8-2/h3,7H,4H2,1-2H3. The van der Waals surface area contributed by atoms with Gasteiger partial charge in [-0.25, -0.2) is 0 Å². The summed E-state index contributed by atoms with van der Waals surface area (Å²) in [5.41, 5.74) is 5.22. The van der Waals surface area contributed by atoms with Crippen LogP contribution in [0.4, 0.5) is 0 Å². The Hall–Kier alpha value is -0.0500. The van der Waals surface area contributed by atoms with E-state index < -0.39 is 0 Å². The molecule has 48 valence electrons. The van der Waals surface area contributed by atoms with Gasteiger partial charge in [0, 0.05) is 12.1 Å². The summed E-state index contributed by atoms with van der Waals surface area (Å²) < 4.78 is 0. The molecule has 0 saturated carbocycles. The number of halogens is 1. The molecule has 0 spiro atoms. The van der Waals surface area contributed by atoms with Crippen LogP contribution in [0, 0.1) is 0 Å². The van der Waals surface area contributed by atoms with E-state index in [0.29, 0.717) is 6.54 Å². The van der Waals surface area contributed by atoms with Crippen LogP contribution in [-0.2, 0) is 4.84 Å². The van der Waals surface area contributed by atoms with Gasteiger partial charge in [-0.05, 0) is 12.5 Å². The summed E-state index contributed by atoms with van der Waals surface area (Å²) in [6.45, 7) is 2.60. The predicted molar refractivity (Wildman–Crippen MR) is 34.6 cm³/mol. The largest absolute Gasteiger partial charge is 0.305 e. The smallest absolute Gasteiger partial charge is 0.0572 e. The first-order chi connectivity index (χ1) is 3.81. The Morgan fingerprint density at radius 1 is 1.88 bits per heavy atom. The first kappa shape index (κ1) is 7.95. The molecule has 0 rings (SSSR count). The quantitative estimate of drug-likeness (QED) is 0.589. The van der Waals surface area contributed by atoms with Crippen molar-refractivity contribution in [3.63, 3.8) is 0 Å². The van der Waals surface area contributed by atoms with Crippen molar-refractivity contribution in [1.82, 2.24) is 5.48 Å². The Balaban J connectivity index is 3.12. The van der Waals surface area contributed by atoms with Gasteiger partial charge in [-0.2, -0.15) is 5.48 Å². The summed E-state index contributed by atoms with van der Waals surface area (Å²) >= 11 is 5.33. The molecule has 8 heavy (non-hydrogen) atoms. The van der Waals surface area contributed by atoms with Gasteiger partial charge < -0.3 is 4.84 Å². The number of hydrogen-bond donors (Lipinski definition) is 1. The van der Waals surface area contributed by atoms with Gasteiger partial charge in [0.15, 0.2) is 0 Å². The summed E-state index contributed by atoms with van der Waals surface area (Å²) in [5.74, 6) is 0. The lowest BCUT2D eigenvalue weighted by molar-refractivity contribution is 0.0991. The highest BCUT2D eigenvalue weighted by Gasteiger charge is 1.83. The van der Waals surface area contributed by atoms with Crippen LogP contribution in [0.2, 0.25) is 0 Å². The minimum absolute atomic E-state index is 0.681. The van der Waals surface area contributed by atoms with Crippen molar-refractivity contribution < 1.29 is 4.84 Å². The molecule has 0 radical (unpaired) electrons. The third-order valence-corrected chi connectivity index (χ3v) is 1.05. The zero-order valence-corrected chi connectivity index (χ0v) is 5.83. The Morgan fingerprint density at radius 3 is 2.88 bits per heavy atom. The number of rotatable bonds is 3. The van der Waals surface area contributed by atoms with E-state index >= 15 is 0 Å². The molecule has 2 nitrogen and oxygen atoms in total. The third kappa shape index (κ3) is 4.12. The molecule has 3 heteroatoms. The van der Waals surface area contributed by atoms with Gasteiger partial charge in [0.25, 0.3) is 0 Å². The van der Waals surface area contributed by atoms with Gasteiger partial charge in [0.2, 0.25) is 0 Å². The molecule has 0 aliphatic heterocycles. The SMILES string of the molecule is CONCC(C)=CCl. The van der Waals surface area contributed by atoms with Crippen molar-refractivity contribution >= 4 is 11.6 Å². The Bertz CT molecular complexity index is 82.5. The summed E-state index contributed by atoms with van der Waals surface area (Å²) in [4.78, 5) is 4.56. The van der Waals surface area contributed by atoms with E-state index in [-0.39, 0.29) is 0 Å². The molecule has 0 amide bonds. The van der Waals surface area contributed by atoms with Crippen LogP contribution in [-0.4, -0.2) is 13.7 Å². The minimum Gasteiger partial charge on any atom is -0.305 e. The molecule has 0 aromatic rings. The summed E-state index contributed by atoms with van der Waals surface area (Å²) in [5, 5.41) is 0. The van der Waals surface area contributed by atoms with Crippen LogP contribution >= 0.6 is 11.6 Å². The van der Waals surface area contributed by atoms with Crippen molar-refractivity contribution in [3.05, 3.63) is 11.1 Å². The van der Waals surface area contributed by atoms with E-state index in [4.69, 9.17) is 11.6 Å². The van der Waals surface area contributed by atoms with Gasteiger partial charge in [-0.3, -0.25) is 0 Å². The maximum Gasteiger partial charge on any atom is 0.0572 e. The van der Waals surface area contributed by atoms with Crippen molar-refractivity contribution in [3.8, 4) is 0 Å². The maximum atomic E-state index is 5.33. The van der Waals surface area contributed by atoms with E-state index in [2.05, 4.69) is 10.3 Å². The zero-order chi connectivity index (χ0) is 6.41. The lowest BCUT2D eigenvalue weighted by atomic mass is 10.4. The summed E-state index contributed by atoms with van der Waals surface area (Å²) in [6, 6.07) is 0. The minimum atomic E-state index is 0.681. The van der Waals surface area contributed by atoms with Crippen LogP contribution in [0.1, 0.15) is 6.92 Å². The maximum absolute atomic E-state index is 5.33. The highest BCUT2D eigenvalue weighted by Crippen LogP contribution is 1.90. The number of hydrogen-bond acceptors (Lipinski definition) is 2. The first-order valence-corrected chi connectivity index (χ1v) is 2.76. The number of nitrogens with one attached hydrogen (secondary N) is 1. The fourth-order valence-electron chi connectivity index (χ4n) is 0.225. The molecule has 0 fully saturated rings. The molecule has 0 atom stereocenters. The highest BCUT2D eigenvalue weighted by atomic mass is 35.5. The normalized spacial score (nSPS) is 12.1. The van der Waals surface area contributed by atoms with Crippen molar-refractivity contribution in [2.45, 2.75) is 6.92 Å². The van der Waals surface area contributed by atoms with Gasteiger partial charge in [-0.15, -0.1) is 0 Å². The Kier molecular flexibility index (Phi) is 5.06. The van der Waals surface area contributed by atoms with Gasteiger partial charge >= 0.3 is 0 Å². The van der Waals surface area contributed by atoms with Crippen LogP contribution in [0.15, 0.2) is 11.1 Å². The molecule has 0 aromatic carbocycles. The molecule has 0 unspecified atom stereocenters. The van der Waals surface area contributed by atoms with Gasteiger partial charge in [0.05, 0.1) is 7.11 Å². The Labute approximate surface area is 54.4 Å². The first-order valence-electron chi connectivity index (χ1n) is 2.33. The van der Waals surface area contributed by atoms with Crippen molar-refractivity contribution in [1.29, 1.82) is 0 Å². The molecule has 1 N–H and O–H groups in total. The fourth-order valence-corrected chi connectivity index (χ4v) is 0.302. The molecule has 0 heterocycles. The predicted octanol–water partition coefficient (Wildman–Crippen LogP) is 1.28. The molecule has 0 bridgehead atoms. The average molecular weight is 136 g/mol.